The zero-order valence-electron chi connectivity index (χ0n) is 18.7. The van der Waals surface area contributed by atoms with Gasteiger partial charge in [-0.3, -0.25) is 14.5 Å². The first-order valence-electron chi connectivity index (χ1n) is 11.6. The smallest absolute Gasteiger partial charge is 0.267 e. The molecule has 3 heterocycles. The molecule has 0 N–H and O–H groups in total. The van der Waals surface area contributed by atoms with E-state index >= 15 is 0 Å². The Hall–Kier alpha value is -3.32. The Balaban J connectivity index is 1.09. The van der Waals surface area contributed by atoms with Crippen LogP contribution in [0.3, 0.4) is 0 Å². The lowest BCUT2D eigenvalue weighted by atomic mass is 9.99. The van der Waals surface area contributed by atoms with E-state index in [-0.39, 0.29) is 18.4 Å². The summed E-state index contributed by atoms with van der Waals surface area (Å²) in [6.45, 7) is 4.43. The van der Waals surface area contributed by atoms with Crippen LogP contribution in [-0.2, 0) is 9.59 Å². The van der Waals surface area contributed by atoms with Crippen molar-refractivity contribution in [3.8, 4) is 11.5 Å². The Morgan fingerprint density at radius 3 is 2.27 bits per heavy atom. The number of piperazine rings is 1. The number of rotatable bonds is 4. The molecule has 0 spiro atoms. The van der Waals surface area contributed by atoms with Crippen molar-refractivity contribution < 1.29 is 19.1 Å². The molecule has 0 saturated carbocycles. The zero-order valence-corrected chi connectivity index (χ0v) is 18.7. The average molecular weight is 448 g/mol. The summed E-state index contributed by atoms with van der Waals surface area (Å²) in [5, 5.41) is 0. The summed E-state index contributed by atoms with van der Waals surface area (Å²) in [6.07, 6.45) is 2.54. The van der Waals surface area contributed by atoms with Crippen molar-refractivity contribution in [2.75, 3.05) is 52.4 Å². The van der Waals surface area contributed by atoms with Gasteiger partial charge in [0.05, 0.1) is 6.54 Å². The number of carbonyl (C=O) groups is 2. The molecule has 0 unspecified atom stereocenters. The normalized spacial score (nSPS) is 20.8. The molecule has 5 rings (SSSR count). The topological polar surface area (TPSA) is 62.3 Å². The number of fused-ring (bicyclic) bond motifs is 1. The molecular formula is C26H29N3O4. The number of hydrogen-bond acceptors (Lipinski definition) is 5. The van der Waals surface area contributed by atoms with E-state index in [4.69, 9.17) is 9.47 Å². The summed E-state index contributed by atoms with van der Waals surface area (Å²) in [4.78, 5) is 31.6. The SMILES string of the molecule is O=C(CN1CC=C(c2ccccc2)CC1)N1CCN(C(=O)[C@@H]2COc3ccccc3O2)CC1. The number of benzene rings is 2. The van der Waals surface area contributed by atoms with Crippen LogP contribution in [0.4, 0.5) is 0 Å². The monoisotopic (exact) mass is 447 g/mol. The Labute approximate surface area is 194 Å². The van der Waals surface area contributed by atoms with Gasteiger partial charge in [0.15, 0.2) is 11.5 Å². The fourth-order valence-electron chi connectivity index (χ4n) is 4.58. The molecule has 2 aromatic rings. The van der Waals surface area contributed by atoms with Crippen LogP contribution in [0.15, 0.2) is 60.7 Å². The van der Waals surface area contributed by atoms with Gasteiger partial charge in [0.1, 0.15) is 6.61 Å². The van der Waals surface area contributed by atoms with Gasteiger partial charge in [-0.1, -0.05) is 48.5 Å². The Morgan fingerprint density at radius 1 is 0.848 bits per heavy atom. The van der Waals surface area contributed by atoms with Crippen molar-refractivity contribution in [3.05, 3.63) is 66.2 Å². The molecular weight excluding hydrogens is 418 g/mol. The van der Waals surface area contributed by atoms with Gasteiger partial charge in [0.25, 0.3) is 5.91 Å². The highest BCUT2D eigenvalue weighted by Gasteiger charge is 2.33. The van der Waals surface area contributed by atoms with Crippen molar-refractivity contribution in [1.29, 1.82) is 0 Å². The summed E-state index contributed by atoms with van der Waals surface area (Å²) in [5.74, 6) is 1.32. The number of nitrogens with zero attached hydrogens (tertiary/aromatic N) is 3. The molecule has 3 aliphatic rings. The van der Waals surface area contributed by atoms with Crippen molar-refractivity contribution >= 4 is 17.4 Å². The molecule has 172 valence electrons. The van der Waals surface area contributed by atoms with Crippen LogP contribution in [-0.4, -0.2) is 85.0 Å². The number of hydrogen-bond donors (Lipinski definition) is 0. The molecule has 7 nitrogen and oxygen atoms in total. The summed E-state index contributed by atoms with van der Waals surface area (Å²) in [7, 11) is 0. The summed E-state index contributed by atoms with van der Waals surface area (Å²) in [5.41, 5.74) is 2.61. The predicted molar refractivity (Wildman–Crippen MR) is 125 cm³/mol. The molecule has 0 radical (unpaired) electrons. The van der Waals surface area contributed by atoms with Crippen LogP contribution in [0.5, 0.6) is 11.5 Å². The van der Waals surface area contributed by atoms with E-state index in [0.717, 1.165) is 19.5 Å². The highest BCUT2D eigenvalue weighted by atomic mass is 16.6. The lowest BCUT2D eigenvalue weighted by molar-refractivity contribution is -0.146. The van der Waals surface area contributed by atoms with Gasteiger partial charge < -0.3 is 19.3 Å². The van der Waals surface area contributed by atoms with Crippen molar-refractivity contribution in [1.82, 2.24) is 14.7 Å². The lowest BCUT2D eigenvalue weighted by Gasteiger charge is -2.38. The summed E-state index contributed by atoms with van der Waals surface area (Å²) < 4.78 is 11.5. The predicted octanol–water partition coefficient (Wildman–Crippen LogP) is 2.29. The van der Waals surface area contributed by atoms with Gasteiger partial charge >= 0.3 is 0 Å². The molecule has 1 fully saturated rings. The van der Waals surface area contributed by atoms with E-state index < -0.39 is 6.10 Å². The van der Waals surface area contributed by atoms with Gasteiger partial charge in [-0.15, -0.1) is 0 Å². The molecule has 2 aromatic carbocycles. The van der Waals surface area contributed by atoms with Crippen LogP contribution < -0.4 is 9.47 Å². The molecule has 7 heteroatoms. The van der Waals surface area contributed by atoms with E-state index in [2.05, 4.69) is 35.2 Å². The van der Waals surface area contributed by atoms with Crippen LogP contribution in [0.25, 0.3) is 5.57 Å². The maximum absolute atomic E-state index is 12.9. The third kappa shape index (κ3) is 4.88. The lowest BCUT2D eigenvalue weighted by Crippen LogP contribution is -2.56. The maximum Gasteiger partial charge on any atom is 0.267 e. The van der Waals surface area contributed by atoms with Gasteiger partial charge in [0, 0.05) is 39.3 Å². The minimum atomic E-state index is -0.638. The third-order valence-electron chi connectivity index (χ3n) is 6.52. The molecule has 1 saturated heterocycles. The van der Waals surface area contributed by atoms with Gasteiger partial charge in [-0.25, -0.2) is 0 Å². The second-order valence-electron chi connectivity index (χ2n) is 8.65. The number of amides is 2. The molecule has 1 atom stereocenters. The fraction of sp³-hybridized carbons (Fsp3) is 0.385. The van der Waals surface area contributed by atoms with Crippen LogP contribution in [0.1, 0.15) is 12.0 Å². The first-order chi connectivity index (χ1) is 16.2. The minimum absolute atomic E-state index is 0.0776. The van der Waals surface area contributed by atoms with Crippen molar-refractivity contribution in [2.45, 2.75) is 12.5 Å². The zero-order chi connectivity index (χ0) is 22.6. The number of para-hydroxylation sites is 2. The Kier molecular flexibility index (Phi) is 6.30. The van der Waals surface area contributed by atoms with E-state index in [1.807, 2.05) is 35.2 Å². The highest BCUT2D eigenvalue weighted by Crippen LogP contribution is 2.31. The van der Waals surface area contributed by atoms with Crippen LogP contribution in [0.2, 0.25) is 0 Å². The van der Waals surface area contributed by atoms with E-state index in [0.29, 0.717) is 44.2 Å². The largest absolute Gasteiger partial charge is 0.485 e. The number of ether oxygens (including phenoxy) is 2. The summed E-state index contributed by atoms with van der Waals surface area (Å²) in [6, 6.07) is 17.8. The quantitative estimate of drug-likeness (QED) is 0.720. The average Bonchev–Trinajstić information content (AvgIpc) is 2.89. The standard InChI is InChI=1S/C26H29N3O4/c30-25(18-27-12-10-21(11-13-27)20-6-2-1-3-7-20)28-14-16-29(17-15-28)26(31)24-19-32-22-8-4-5-9-23(22)33-24/h1-10,24H,11-19H2/t24-/m0/s1. The van der Waals surface area contributed by atoms with E-state index in [1.165, 1.54) is 11.1 Å². The fourth-order valence-corrected chi connectivity index (χ4v) is 4.58. The number of carbonyl (C=O) groups excluding carboxylic acids is 2. The molecule has 33 heavy (non-hydrogen) atoms. The molecule has 0 bridgehead atoms. The van der Waals surface area contributed by atoms with Crippen molar-refractivity contribution in [2.24, 2.45) is 0 Å². The summed E-state index contributed by atoms with van der Waals surface area (Å²) >= 11 is 0. The molecule has 0 aliphatic carbocycles. The van der Waals surface area contributed by atoms with Crippen LogP contribution in [0, 0.1) is 0 Å². The van der Waals surface area contributed by atoms with Gasteiger partial charge in [-0.2, -0.15) is 0 Å². The van der Waals surface area contributed by atoms with Gasteiger partial charge in [-0.05, 0) is 29.7 Å². The van der Waals surface area contributed by atoms with Crippen molar-refractivity contribution in [3.63, 3.8) is 0 Å². The van der Waals surface area contributed by atoms with E-state index in [1.54, 1.807) is 4.90 Å². The highest BCUT2D eigenvalue weighted by molar-refractivity contribution is 5.83. The van der Waals surface area contributed by atoms with Gasteiger partial charge in [0.2, 0.25) is 12.0 Å². The first kappa shape index (κ1) is 21.5. The molecule has 2 amide bonds. The molecule has 0 aromatic heterocycles. The minimum Gasteiger partial charge on any atom is -0.485 e. The maximum atomic E-state index is 12.9. The second kappa shape index (κ2) is 9.67. The van der Waals surface area contributed by atoms with Crippen LogP contribution >= 0.6 is 0 Å². The van der Waals surface area contributed by atoms with E-state index in [9.17, 15) is 9.59 Å². The Bertz CT molecular complexity index is 1030. The Morgan fingerprint density at radius 2 is 1.55 bits per heavy atom. The second-order valence-corrected chi connectivity index (χ2v) is 8.65. The first-order valence-corrected chi connectivity index (χ1v) is 11.6. The molecule has 3 aliphatic heterocycles. The third-order valence-corrected chi connectivity index (χ3v) is 6.52.